The van der Waals surface area contributed by atoms with E-state index in [0.29, 0.717) is 37.8 Å². The molecule has 1 saturated carbocycles. The van der Waals surface area contributed by atoms with Crippen LogP contribution in [0.25, 0.3) is 0 Å². The molecule has 0 bridgehead atoms. The van der Waals surface area contributed by atoms with Crippen LogP contribution in [0.3, 0.4) is 0 Å². The van der Waals surface area contributed by atoms with Gasteiger partial charge in [-0.2, -0.15) is 4.98 Å². The molecule has 6 nitrogen and oxygen atoms in total. The highest BCUT2D eigenvalue weighted by Crippen LogP contribution is 2.29. The molecule has 4 rings (SSSR count). The van der Waals surface area contributed by atoms with E-state index < -0.39 is 0 Å². The average molecular weight is 341 g/mol. The first kappa shape index (κ1) is 16.3. The van der Waals surface area contributed by atoms with E-state index in [1.807, 2.05) is 36.1 Å². The number of rotatable bonds is 7. The van der Waals surface area contributed by atoms with Crippen molar-refractivity contribution in [1.82, 2.24) is 15.0 Å². The second-order valence-electron chi connectivity index (χ2n) is 7.09. The molecule has 2 fully saturated rings. The number of ether oxygens (including phenoxy) is 1. The number of benzene rings is 1. The number of nitrogens with zero attached hydrogens (tertiary/aromatic N) is 3. The van der Waals surface area contributed by atoms with Crippen molar-refractivity contribution in [3.63, 3.8) is 0 Å². The normalized spacial score (nSPS) is 17.6. The van der Waals surface area contributed by atoms with E-state index in [4.69, 9.17) is 9.26 Å². The Balaban J connectivity index is 1.25. The Kier molecular flexibility index (Phi) is 4.53. The van der Waals surface area contributed by atoms with E-state index in [-0.39, 0.29) is 11.8 Å². The smallest absolute Gasteiger partial charge is 0.253 e. The average Bonchev–Trinajstić information content (AvgIpc) is 3.28. The fourth-order valence-corrected chi connectivity index (χ4v) is 2.99. The van der Waals surface area contributed by atoms with E-state index in [1.54, 1.807) is 0 Å². The third-order valence-electron chi connectivity index (χ3n) is 4.79. The van der Waals surface area contributed by atoms with Gasteiger partial charge in [0.2, 0.25) is 5.89 Å². The maximum atomic E-state index is 12.4. The summed E-state index contributed by atoms with van der Waals surface area (Å²) in [5, 5.41) is 4.02. The van der Waals surface area contributed by atoms with Crippen LogP contribution in [0, 0.1) is 12.8 Å². The fourth-order valence-electron chi connectivity index (χ4n) is 2.99. The van der Waals surface area contributed by atoms with E-state index >= 15 is 0 Å². The highest BCUT2D eigenvalue weighted by Gasteiger charge is 2.36. The number of hydrogen-bond acceptors (Lipinski definition) is 5. The Hall–Kier alpha value is -2.21. The van der Waals surface area contributed by atoms with E-state index in [9.17, 15) is 4.79 Å². The summed E-state index contributed by atoms with van der Waals surface area (Å²) in [5.74, 6) is 2.29. The van der Waals surface area contributed by atoms with Crippen LogP contribution in [0.5, 0.6) is 0 Å². The molecule has 0 radical (unpaired) electrons. The van der Waals surface area contributed by atoms with Crippen molar-refractivity contribution >= 4 is 5.91 Å². The Morgan fingerprint density at radius 1 is 1.36 bits per heavy atom. The minimum absolute atomic E-state index is 0.0631. The van der Waals surface area contributed by atoms with E-state index in [1.165, 1.54) is 12.8 Å². The molecular weight excluding hydrogens is 318 g/mol. The van der Waals surface area contributed by atoms with Crippen LogP contribution in [0.15, 0.2) is 28.8 Å². The molecule has 1 aromatic heterocycles. The first-order chi connectivity index (χ1) is 12.2. The van der Waals surface area contributed by atoms with Crippen molar-refractivity contribution < 1.29 is 14.1 Å². The summed E-state index contributed by atoms with van der Waals surface area (Å²) in [5.41, 5.74) is 1.82. The van der Waals surface area contributed by atoms with Crippen LogP contribution in [0.4, 0.5) is 0 Å². The lowest BCUT2D eigenvalue weighted by Gasteiger charge is -2.37. The molecule has 6 heteroatoms. The maximum absolute atomic E-state index is 12.4. The van der Waals surface area contributed by atoms with Gasteiger partial charge in [0.05, 0.1) is 12.5 Å². The summed E-state index contributed by atoms with van der Waals surface area (Å²) < 4.78 is 11.0. The minimum Gasteiger partial charge on any atom is -0.381 e. The van der Waals surface area contributed by atoms with Gasteiger partial charge in [-0.25, -0.2) is 0 Å². The molecule has 0 atom stereocenters. The summed E-state index contributed by atoms with van der Waals surface area (Å²) in [6.07, 6.45) is 3.27. The third-order valence-corrected chi connectivity index (χ3v) is 4.79. The molecular formula is C19H23N3O3. The van der Waals surface area contributed by atoms with Crippen molar-refractivity contribution in [3.8, 4) is 0 Å². The Labute approximate surface area is 147 Å². The summed E-state index contributed by atoms with van der Waals surface area (Å²) >= 11 is 0. The molecule has 0 unspecified atom stereocenters. The molecule has 1 aliphatic carbocycles. The lowest BCUT2D eigenvalue weighted by molar-refractivity contribution is 0.0569. The van der Waals surface area contributed by atoms with Gasteiger partial charge in [0.15, 0.2) is 5.82 Å². The predicted octanol–water partition coefficient (Wildman–Crippen LogP) is 2.59. The molecule has 0 N–H and O–H groups in total. The zero-order valence-electron chi connectivity index (χ0n) is 14.5. The number of likely N-dealkylation sites (tertiary alicyclic amines) is 1. The molecule has 1 saturated heterocycles. The van der Waals surface area contributed by atoms with Gasteiger partial charge in [-0.1, -0.05) is 22.9 Å². The van der Waals surface area contributed by atoms with Crippen molar-refractivity contribution in [2.24, 2.45) is 5.92 Å². The number of hydrogen-bond donors (Lipinski definition) is 0. The molecule has 132 valence electrons. The highest BCUT2D eigenvalue weighted by molar-refractivity contribution is 5.95. The van der Waals surface area contributed by atoms with Gasteiger partial charge >= 0.3 is 0 Å². The molecule has 2 heterocycles. The lowest BCUT2D eigenvalue weighted by atomic mass is 9.98. The first-order valence-corrected chi connectivity index (χ1v) is 8.95. The highest BCUT2D eigenvalue weighted by atomic mass is 16.5. The van der Waals surface area contributed by atoms with Gasteiger partial charge in [0.25, 0.3) is 5.91 Å². The standard InChI is InChI=1S/C19H23N3O3/c1-13-3-2-4-15(9-13)19(23)22-10-16(11-22)18-20-17(21-25-18)7-8-24-12-14-5-6-14/h2-4,9,14,16H,5-8,10-12H2,1H3. The topological polar surface area (TPSA) is 68.5 Å². The number of amides is 1. The summed E-state index contributed by atoms with van der Waals surface area (Å²) in [6.45, 7) is 4.74. The van der Waals surface area contributed by atoms with Gasteiger partial charge < -0.3 is 14.2 Å². The van der Waals surface area contributed by atoms with Gasteiger partial charge in [0.1, 0.15) is 0 Å². The van der Waals surface area contributed by atoms with Crippen LogP contribution in [-0.2, 0) is 11.2 Å². The zero-order valence-corrected chi connectivity index (χ0v) is 14.5. The van der Waals surface area contributed by atoms with Gasteiger partial charge in [-0.05, 0) is 37.8 Å². The summed E-state index contributed by atoms with van der Waals surface area (Å²) in [4.78, 5) is 18.7. The van der Waals surface area contributed by atoms with Crippen LogP contribution in [0.2, 0.25) is 0 Å². The molecule has 0 spiro atoms. The Morgan fingerprint density at radius 2 is 2.20 bits per heavy atom. The van der Waals surface area contributed by atoms with E-state index in [2.05, 4.69) is 10.1 Å². The number of carbonyl (C=O) groups is 1. The SMILES string of the molecule is Cc1cccc(C(=O)N2CC(c3nc(CCOCC4CC4)no3)C2)c1. The van der Waals surface area contributed by atoms with Crippen LogP contribution >= 0.6 is 0 Å². The monoisotopic (exact) mass is 341 g/mol. The molecule has 2 aromatic rings. The zero-order chi connectivity index (χ0) is 17.2. The van der Waals surface area contributed by atoms with Gasteiger partial charge in [-0.3, -0.25) is 4.79 Å². The Morgan fingerprint density at radius 3 is 2.96 bits per heavy atom. The third kappa shape index (κ3) is 3.90. The molecule has 25 heavy (non-hydrogen) atoms. The van der Waals surface area contributed by atoms with Crippen molar-refractivity contribution in [3.05, 3.63) is 47.1 Å². The minimum atomic E-state index is 0.0631. The number of aryl methyl sites for hydroxylation is 1. The summed E-state index contributed by atoms with van der Waals surface area (Å²) in [7, 11) is 0. The second-order valence-corrected chi connectivity index (χ2v) is 7.09. The lowest BCUT2D eigenvalue weighted by Crippen LogP contribution is -2.48. The van der Waals surface area contributed by atoms with Crippen molar-refractivity contribution in [2.75, 3.05) is 26.3 Å². The van der Waals surface area contributed by atoms with Crippen molar-refractivity contribution in [2.45, 2.75) is 32.1 Å². The number of aromatic nitrogens is 2. The first-order valence-electron chi connectivity index (χ1n) is 8.95. The second kappa shape index (κ2) is 6.96. The van der Waals surface area contributed by atoms with Crippen LogP contribution in [-0.4, -0.2) is 47.3 Å². The maximum Gasteiger partial charge on any atom is 0.253 e. The van der Waals surface area contributed by atoms with Gasteiger partial charge in [-0.15, -0.1) is 0 Å². The fraction of sp³-hybridized carbons (Fsp3) is 0.526. The van der Waals surface area contributed by atoms with E-state index in [0.717, 1.165) is 23.7 Å². The summed E-state index contributed by atoms with van der Waals surface area (Å²) in [6, 6.07) is 7.68. The predicted molar refractivity (Wildman–Crippen MR) is 91.4 cm³/mol. The quantitative estimate of drug-likeness (QED) is 0.724. The molecule has 2 aliphatic rings. The van der Waals surface area contributed by atoms with Crippen molar-refractivity contribution in [1.29, 1.82) is 0 Å². The van der Waals surface area contributed by atoms with Crippen LogP contribution < -0.4 is 0 Å². The number of carbonyl (C=O) groups excluding carboxylic acids is 1. The molecule has 1 aliphatic heterocycles. The molecule has 1 amide bonds. The van der Waals surface area contributed by atoms with Gasteiger partial charge in [0, 0.05) is 31.7 Å². The molecule has 1 aromatic carbocycles. The van der Waals surface area contributed by atoms with Crippen LogP contribution in [0.1, 0.15) is 46.4 Å². The largest absolute Gasteiger partial charge is 0.381 e. The Bertz CT molecular complexity index is 748.